The summed E-state index contributed by atoms with van der Waals surface area (Å²) in [6.45, 7) is 5.36. The number of fused-ring (bicyclic) bond motifs is 1. The Morgan fingerprint density at radius 2 is 2.24 bits per heavy atom. The predicted octanol–water partition coefficient (Wildman–Crippen LogP) is 1.86. The van der Waals surface area contributed by atoms with Crippen molar-refractivity contribution in [1.82, 2.24) is 0 Å². The molecule has 2 unspecified atom stereocenters. The van der Waals surface area contributed by atoms with Gasteiger partial charge in [0, 0.05) is 5.69 Å². The lowest BCUT2D eigenvalue weighted by Crippen LogP contribution is -2.48. The van der Waals surface area contributed by atoms with E-state index in [9.17, 15) is 9.59 Å². The number of rotatable bonds is 4. The van der Waals surface area contributed by atoms with Crippen LogP contribution in [0.4, 0.5) is 11.4 Å². The lowest BCUT2D eigenvalue weighted by Gasteiger charge is -2.25. The second-order valence-corrected chi connectivity index (χ2v) is 5.58. The number of anilines is 2. The fourth-order valence-electron chi connectivity index (χ4n) is 2.19. The van der Waals surface area contributed by atoms with Crippen molar-refractivity contribution >= 4 is 23.2 Å². The van der Waals surface area contributed by atoms with Gasteiger partial charge < -0.3 is 21.1 Å². The van der Waals surface area contributed by atoms with Crippen molar-refractivity contribution in [3.05, 3.63) is 18.2 Å². The highest BCUT2D eigenvalue weighted by atomic mass is 16.5. The van der Waals surface area contributed by atoms with Crippen molar-refractivity contribution in [3.8, 4) is 5.75 Å². The fourth-order valence-corrected chi connectivity index (χ4v) is 2.19. The van der Waals surface area contributed by atoms with Crippen molar-refractivity contribution < 1.29 is 14.3 Å². The first kappa shape index (κ1) is 15.3. The van der Waals surface area contributed by atoms with E-state index in [1.54, 1.807) is 32.0 Å². The summed E-state index contributed by atoms with van der Waals surface area (Å²) in [5.74, 6) is 0.130. The van der Waals surface area contributed by atoms with E-state index in [1.165, 1.54) is 0 Å². The van der Waals surface area contributed by atoms with Crippen LogP contribution in [0.25, 0.3) is 0 Å². The fraction of sp³-hybridized carbons (Fsp3) is 0.467. The highest BCUT2D eigenvalue weighted by Gasteiger charge is 2.28. The quantitative estimate of drug-likeness (QED) is 0.789. The Kier molecular flexibility index (Phi) is 4.18. The van der Waals surface area contributed by atoms with E-state index in [0.29, 0.717) is 23.5 Å². The first-order chi connectivity index (χ1) is 9.83. The highest BCUT2D eigenvalue weighted by molar-refractivity contribution is 6.00. The molecule has 21 heavy (non-hydrogen) atoms. The van der Waals surface area contributed by atoms with E-state index in [1.807, 2.05) is 6.92 Å². The van der Waals surface area contributed by atoms with Gasteiger partial charge in [0.25, 0.3) is 5.91 Å². The van der Waals surface area contributed by atoms with Gasteiger partial charge >= 0.3 is 0 Å². The van der Waals surface area contributed by atoms with Crippen molar-refractivity contribution in [2.45, 2.75) is 45.3 Å². The first-order valence-corrected chi connectivity index (χ1v) is 7.05. The summed E-state index contributed by atoms with van der Waals surface area (Å²) < 4.78 is 5.46. The molecule has 1 aromatic carbocycles. The molecule has 0 saturated carbocycles. The minimum atomic E-state index is -0.918. The molecule has 2 rings (SSSR count). The molecule has 0 radical (unpaired) electrons. The molecule has 0 fully saturated rings. The van der Waals surface area contributed by atoms with Gasteiger partial charge in [-0.15, -0.1) is 0 Å². The number of carbonyl (C=O) groups is 2. The molecule has 1 heterocycles. The van der Waals surface area contributed by atoms with Gasteiger partial charge in [-0.3, -0.25) is 9.59 Å². The maximum atomic E-state index is 12.2. The van der Waals surface area contributed by atoms with Gasteiger partial charge in [0.15, 0.2) is 6.10 Å². The molecule has 6 heteroatoms. The van der Waals surface area contributed by atoms with E-state index >= 15 is 0 Å². The SMILES string of the molecule is CCCC(C)(N)C(=O)Nc1ccc2c(c1)NC(=O)C(C)O2. The smallest absolute Gasteiger partial charge is 0.265 e. The van der Waals surface area contributed by atoms with Crippen molar-refractivity contribution in [1.29, 1.82) is 0 Å². The Labute approximate surface area is 124 Å². The number of hydrogen-bond acceptors (Lipinski definition) is 4. The monoisotopic (exact) mass is 291 g/mol. The minimum Gasteiger partial charge on any atom is -0.479 e. The zero-order valence-electron chi connectivity index (χ0n) is 12.5. The first-order valence-electron chi connectivity index (χ1n) is 7.05. The molecule has 2 atom stereocenters. The van der Waals surface area contributed by atoms with E-state index in [4.69, 9.17) is 10.5 Å². The van der Waals surface area contributed by atoms with Crippen molar-refractivity contribution in [3.63, 3.8) is 0 Å². The Morgan fingerprint density at radius 1 is 1.52 bits per heavy atom. The molecule has 0 spiro atoms. The Morgan fingerprint density at radius 3 is 2.90 bits per heavy atom. The molecular formula is C15H21N3O3. The molecule has 1 aliphatic rings. The van der Waals surface area contributed by atoms with Crippen LogP contribution >= 0.6 is 0 Å². The third kappa shape index (κ3) is 3.33. The molecule has 0 aromatic heterocycles. The van der Waals surface area contributed by atoms with Crippen LogP contribution < -0.4 is 21.1 Å². The largest absolute Gasteiger partial charge is 0.479 e. The summed E-state index contributed by atoms with van der Waals surface area (Å²) in [6, 6.07) is 5.11. The standard InChI is InChI=1S/C15H21N3O3/c1-4-7-15(3,16)14(20)17-10-5-6-12-11(8-10)18-13(19)9(2)21-12/h5-6,8-9H,4,7,16H2,1-3H3,(H,17,20)(H,18,19). The average molecular weight is 291 g/mol. The topological polar surface area (TPSA) is 93.5 Å². The molecule has 0 bridgehead atoms. The summed E-state index contributed by atoms with van der Waals surface area (Å²) in [4.78, 5) is 23.7. The third-order valence-corrected chi connectivity index (χ3v) is 3.46. The van der Waals surface area contributed by atoms with Gasteiger partial charge in [-0.25, -0.2) is 0 Å². The number of benzene rings is 1. The summed E-state index contributed by atoms with van der Waals surface area (Å²) in [7, 11) is 0. The number of carbonyl (C=O) groups excluding carboxylic acids is 2. The van der Waals surface area contributed by atoms with Crippen molar-refractivity contribution in [2.75, 3.05) is 10.6 Å². The summed E-state index contributed by atoms with van der Waals surface area (Å²) in [5, 5.41) is 5.51. The maximum Gasteiger partial charge on any atom is 0.265 e. The number of nitrogens with one attached hydrogen (secondary N) is 2. The molecule has 6 nitrogen and oxygen atoms in total. The molecule has 1 aliphatic heterocycles. The molecule has 4 N–H and O–H groups in total. The van der Waals surface area contributed by atoms with E-state index < -0.39 is 11.6 Å². The van der Waals surface area contributed by atoms with Gasteiger partial charge in [0.2, 0.25) is 5.91 Å². The highest BCUT2D eigenvalue weighted by Crippen LogP contribution is 2.32. The van der Waals surface area contributed by atoms with Gasteiger partial charge in [0.1, 0.15) is 5.75 Å². The van der Waals surface area contributed by atoms with Crippen LogP contribution in [-0.2, 0) is 9.59 Å². The lowest BCUT2D eigenvalue weighted by atomic mass is 9.96. The van der Waals surface area contributed by atoms with Crippen LogP contribution in [0.5, 0.6) is 5.75 Å². The molecule has 114 valence electrons. The Hall–Kier alpha value is -2.08. The van der Waals surface area contributed by atoms with E-state index in [-0.39, 0.29) is 11.8 Å². The summed E-state index contributed by atoms with van der Waals surface area (Å²) in [5.41, 5.74) is 6.19. The van der Waals surface area contributed by atoms with Crippen LogP contribution in [-0.4, -0.2) is 23.5 Å². The molecule has 2 amide bonds. The van der Waals surface area contributed by atoms with Crippen molar-refractivity contribution in [2.24, 2.45) is 5.73 Å². The van der Waals surface area contributed by atoms with E-state index in [0.717, 1.165) is 6.42 Å². The van der Waals surface area contributed by atoms with Crippen LogP contribution in [0.1, 0.15) is 33.6 Å². The Bertz CT molecular complexity index is 569. The lowest BCUT2D eigenvalue weighted by molar-refractivity contribution is -0.122. The normalized spacial score (nSPS) is 19.8. The second kappa shape index (κ2) is 5.73. The number of hydrogen-bond donors (Lipinski definition) is 3. The summed E-state index contributed by atoms with van der Waals surface area (Å²) in [6.07, 6.45) is 0.905. The second-order valence-electron chi connectivity index (χ2n) is 5.58. The summed E-state index contributed by atoms with van der Waals surface area (Å²) >= 11 is 0. The number of ether oxygens (including phenoxy) is 1. The average Bonchev–Trinajstić information content (AvgIpc) is 2.40. The van der Waals surface area contributed by atoms with Crippen LogP contribution in [0, 0.1) is 0 Å². The van der Waals surface area contributed by atoms with Crippen LogP contribution in [0.3, 0.4) is 0 Å². The zero-order valence-corrected chi connectivity index (χ0v) is 12.5. The van der Waals surface area contributed by atoms with Gasteiger partial charge in [0.05, 0.1) is 11.2 Å². The van der Waals surface area contributed by atoms with Gasteiger partial charge in [-0.1, -0.05) is 13.3 Å². The molecule has 0 aliphatic carbocycles. The Balaban J connectivity index is 2.14. The number of amides is 2. The van der Waals surface area contributed by atoms with E-state index in [2.05, 4.69) is 10.6 Å². The van der Waals surface area contributed by atoms with Crippen LogP contribution in [0.15, 0.2) is 18.2 Å². The van der Waals surface area contributed by atoms with Gasteiger partial charge in [-0.05, 0) is 38.5 Å². The maximum absolute atomic E-state index is 12.2. The molecule has 0 saturated heterocycles. The predicted molar refractivity (Wildman–Crippen MR) is 81.3 cm³/mol. The van der Waals surface area contributed by atoms with Crippen LogP contribution in [0.2, 0.25) is 0 Å². The number of nitrogens with two attached hydrogens (primary N) is 1. The molecule has 1 aromatic rings. The third-order valence-electron chi connectivity index (χ3n) is 3.46. The minimum absolute atomic E-state index is 0.208. The molecular weight excluding hydrogens is 270 g/mol. The zero-order chi connectivity index (χ0) is 15.6. The van der Waals surface area contributed by atoms with Gasteiger partial charge in [-0.2, -0.15) is 0 Å².